The first-order chi connectivity index (χ1) is 15.1. The molecule has 0 saturated heterocycles. The standard InChI is InChI=1S/C26H17ClO4/c27-20-7-3-4-16(12-20)15-30-21-10-11-23-22(14-21)24(26(28)29)25(31-23)19-9-8-17-5-1-2-6-18(17)13-19/h1-14H,15H2,(H,28,29). The minimum absolute atomic E-state index is 0.124. The summed E-state index contributed by atoms with van der Waals surface area (Å²) in [5.74, 6) is -0.157. The lowest BCUT2D eigenvalue weighted by Gasteiger charge is -2.06. The van der Waals surface area contributed by atoms with Gasteiger partial charge in [0, 0.05) is 16.0 Å². The fraction of sp³-hybridized carbons (Fsp3) is 0.0385. The molecule has 1 aromatic heterocycles. The van der Waals surface area contributed by atoms with Gasteiger partial charge < -0.3 is 14.3 Å². The second kappa shape index (κ2) is 7.82. The van der Waals surface area contributed by atoms with Crippen LogP contribution in [0.4, 0.5) is 0 Å². The van der Waals surface area contributed by atoms with E-state index in [1.807, 2.05) is 60.7 Å². The highest BCUT2D eigenvalue weighted by atomic mass is 35.5. The van der Waals surface area contributed by atoms with Gasteiger partial charge in [0.1, 0.15) is 29.3 Å². The van der Waals surface area contributed by atoms with E-state index in [2.05, 4.69) is 0 Å². The van der Waals surface area contributed by atoms with Gasteiger partial charge in [-0.05, 0) is 52.7 Å². The van der Waals surface area contributed by atoms with E-state index in [0.29, 0.717) is 39.7 Å². The van der Waals surface area contributed by atoms with Crippen LogP contribution in [-0.2, 0) is 6.61 Å². The topological polar surface area (TPSA) is 59.7 Å². The fourth-order valence-corrected chi connectivity index (χ4v) is 3.92. The van der Waals surface area contributed by atoms with Crippen LogP contribution in [0.25, 0.3) is 33.1 Å². The lowest BCUT2D eigenvalue weighted by molar-refractivity contribution is 0.0699. The molecule has 0 fully saturated rings. The molecule has 0 spiro atoms. The average molecular weight is 429 g/mol. The molecule has 1 N–H and O–H groups in total. The van der Waals surface area contributed by atoms with Crippen LogP contribution in [0.1, 0.15) is 15.9 Å². The molecule has 5 heteroatoms. The Labute approximate surface area is 183 Å². The fourth-order valence-electron chi connectivity index (χ4n) is 3.71. The summed E-state index contributed by atoms with van der Waals surface area (Å²) in [7, 11) is 0. The maximum absolute atomic E-state index is 12.1. The SMILES string of the molecule is O=C(O)c1c(-c2ccc3ccccc3c2)oc2ccc(OCc3cccc(Cl)c3)cc12. The van der Waals surface area contributed by atoms with Crippen LogP contribution in [0.15, 0.2) is 89.3 Å². The Hall–Kier alpha value is -3.76. The van der Waals surface area contributed by atoms with Gasteiger partial charge in [0.05, 0.1) is 0 Å². The highest BCUT2D eigenvalue weighted by Gasteiger charge is 2.22. The zero-order valence-corrected chi connectivity index (χ0v) is 17.1. The quantitative estimate of drug-likeness (QED) is 0.322. The van der Waals surface area contributed by atoms with E-state index in [-0.39, 0.29) is 5.56 Å². The molecule has 0 radical (unpaired) electrons. The van der Waals surface area contributed by atoms with Crippen molar-refractivity contribution in [1.82, 2.24) is 0 Å². The molecule has 0 aliphatic carbocycles. The maximum atomic E-state index is 12.1. The summed E-state index contributed by atoms with van der Waals surface area (Å²) in [5, 5.41) is 13.2. The van der Waals surface area contributed by atoms with Crippen molar-refractivity contribution in [1.29, 1.82) is 0 Å². The monoisotopic (exact) mass is 428 g/mol. The van der Waals surface area contributed by atoms with E-state index in [1.54, 1.807) is 24.3 Å². The number of hydrogen-bond acceptors (Lipinski definition) is 3. The molecule has 0 saturated carbocycles. The Morgan fingerprint density at radius 1 is 0.903 bits per heavy atom. The molecule has 4 nitrogen and oxygen atoms in total. The number of carboxylic acids is 1. The van der Waals surface area contributed by atoms with E-state index in [4.69, 9.17) is 20.8 Å². The predicted octanol–water partition coefficient (Wildman–Crippen LogP) is 7.18. The summed E-state index contributed by atoms with van der Waals surface area (Å²) in [6.07, 6.45) is 0. The molecular weight excluding hydrogens is 412 g/mol. The van der Waals surface area contributed by atoms with Crippen molar-refractivity contribution in [3.8, 4) is 17.1 Å². The van der Waals surface area contributed by atoms with Crippen molar-refractivity contribution in [3.05, 3.63) is 101 Å². The number of carboxylic acid groups (broad SMARTS) is 1. The average Bonchev–Trinajstić information content (AvgIpc) is 3.16. The van der Waals surface area contributed by atoms with Crippen LogP contribution in [0, 0.1) is 0 Å². The maximum Gasteiger partial charge on any atom is 0.340 e. The van der Waals surface area contributed by atoms with Gasteiger partial charge in [-0.3, -0.25) is 0 Å². The minimum atomic E-state index is -1.05. The van der Waals surface area contributed by atoms with Gasteiger partial charge in [0.25, 0.3) is 0 Å². The van der Waals surface area contributed by atoms with Crippen LogP contribution in [0.5, 0.6) is 5.75 Å². The second-order valence-electron chi connectivity index (χ2n) is 7.25. The minimum Gasteiger partial charge on any atom is -0.489 e. The molecular formula is C26H17ClO4. The van der Waals surface area contributed by atoms with Crippen LogP contribution < -0.4 is 4.74 Å². The van der Waals surface area contributed by atoms with Gasteiger partial charge in [-0.25, -0.2) is 4.79 Å². The normalized spacial score (nSPS) is 11.1. The zero-order chi connectivity index (χ0) is 21.4. The Kier molecular flexibility index (Phi) is 4.85. The molecule has 0 unspecified atom stereocenters. The first kappa shape index (κ1) is 19.2. The van der Waals surface area contributed by atoms with E-state index in [0.717, 1.165) is 16.3 Å². The molecule has 0 amide bonds. The molecule has 5 rings (SSSR count). The molecule has 152 valence electrons. The third-order valence-corrected chi connectivity index (χ3v) is 5.41. The van der Waals surface area contributed by atoms with E-state index >= 15 is 0 Å². The van der Waals surface area contributed by atoms with Crippen molar-refractivity contribution >= 4 is 39.3 Å². The summed E-state index contributed by atoms with van der Waals surface area (Å²) in [6, 6.07) is 26.3. The first-order valence-electron chi connectivity index (χ1n) is 9.75. The molecule has 31 heavy (non-hydrogen) atoms. The molecule has 0 bridgehead atoms. The van der Waals surface area contributed by atoms with Crippen molar-refractivity contribution in [3.63, 3.8) is 0 Å². The largest absolute Gasteiger partial charge is 0.489 e. The summed E-state index contributed by atoms with van der Waals surface area (Å²) in [5.41, 5.74) is 2.26. The van der Waals surface area contributed by atoms with Crippen LogP contribution in [-0.4, -0.2) is 11.1 Å². The molecule has 1 heterocycles. The Bertz CT molecular complexity index is 1430. The van der Waals surface area contributed by atoms with Crippen molar-refractivity contribution < 1.29 is 19.1 Å². The van der Waals surface area contributed by atoms with E-state index < -0.39 is 5.97 Å². The third kappa shape index (κ3) is 3.74. The summed E-state index contributed by atoms with van der Waals surface area (Å²) in [6.45, 7) is 0.323. The Morgan fingerprint density at radius 2 is 1.74 bits per heavy atom. The first-order valence-corrected chi connectivity index (χ1v) is 10.1. The van der Waals surface area contributed by atoms with E-state index in [1.165, 1.54) is 0 Å². The Morgan fingerprint density at radius 3 is 2.55 bits per heavy atom. The van der Waals surface area contributed by atoms with E-state index in [9.17, 15) is 9.90 Å². The van der Waals surface area contributed by atoms with Crippen molar-refractivity contribution in [2.24, 2.45) is 0 Å². The highest BCUT2D eigenvalue weighted by molar-refractivity contribution is 6.30. The molecule has 0 aliphatic heterocycles. The van der Waals surface area contributed by atoms with Crippen LogP contribution in [0.3, 0.4) is 0 Å². The van der Waals surface area contributed by atoms with Gasteiger partial charge in [-0.15, -0.1) is 0 Å². The van der Waals surface area contributed by atoms with Gasteiger partial charge in [-0.2, -0.15) is 0 Å². The predicted molar refractivity (Wildman–Crippen MR) is 122 cm³/mol. The number of fused-ring (bicyclic) bond motifs is 2. The van der Waals surface area contributed by atoms with Gasteiger partial charge in [0.15, 0.2) is 0 Å². The Balaban J connectivity index is 1.55. The number of aromatic carboxylic acids is 1. The van der Waals surface area contributed by atoms with Gasteiger partial charge in [0.2, 0.25) is 0 Å². The third-order valence-electron chi connectivity index (χ3n) is 5.18. The highest BCUT2D eigenvalue weighted by Crippen LogP contribution is 2.36. The molecule has 4 aromatic carbocycles. The number of ether oxygens (including phenoxy) is 1. The number of benzene rings is 4. The molecule has 5 aromatic rings. The summed E-state index contributed by atoms with van der Waals surface area (Å²) < 4.78 is 11.8. The number of halogens is 1. The molecule has 0 atom stereocenters. The lowest BCUT2D eigenvalue weighted by Crippen LogP contribution is -1.98. The summed E-state index contributed by atoms with van der Waals surface area (Å²) >= 11 is 6.02. The number of rotatable bonds is 5. The van der Waals surface area contributed by atoms with Crippen molar-refractivity contribution in [2.75, 3.05) is 0 Å². The van der Waals surface area contributed by atoms with Gasteiger partial charge >= 0.3 is 5.97 Å². The van der Waals surface area contributed by atoms with Crippen LogP contribution in [0.2, 0.25) is 5.02 Å². The number of furan rings is 1. The zero-order valence-electron chi connectivity index (χ0n) is 16.3. The smallest absolute Gasteiger partial charge is 0.340 e. The van der Waals surface area contributed by atoms with Crippen molar-refractivity contribution in [2.45, 2.75) is 6.61 Å². The van der Waals surface area contributed by atoms with Crippen LogP contribution >= 0.6 is 11.6 Å². The number of hydrogen-bond donors (Lipinski definition) is 1. The molecule has 0 aliphatic rings. The summed E-state index contributed by atoms with van der Waals surface area (Å²) in [4.78, 5) is 12.1. The van der Waals surface area contributed by atoms with Gasteiger partial charge in [-0.1, -0.05) is 60.1 Å². The number of carbonyl (C=O) groups is 1. The lowest BCUT2D eigenvalue weighted by atomic mass is 10.0. The second-order valence-corrected chi connectivity index (χ2v) is 7.69.